The van der Waals surface area contributed by atoms with E-state index in [2.05, 4.69) is 17.4 Å². The summed E-state index contributed by atoms with van der Waals surface area (Å²) in [7, 11) is 1.92. The highest BCUT2D eigenvalue weighted by Gasteiger charge is 2.27. The van der Waals surface area contributed by atoms with Crippen LogP contribution in [0.2, 0.25) is 0 Å². The van der Waals surface area contributed by atoms with Crippen LogP contribution in [0.15, 0.2) is 29.2 Å². The van der Waals surface area contributed by atoms with Crippen molar-refractivity contribution in [3.05, 3.63) is 29.8 Å². The summed E-state index contributed by atoms with van der Waals surface area (Å²) >= 11 is 1.60. The lowest BCUT2D eigenvalue weighted by molar-refractivity contribution is -0.137. The molecule has 1 atom stereocenters. The van der Waals surface area contributed by atoms with Gasteiger partial charge in [-0.15, -0.1) is 11.8 Å². The Bertz CT molecular complexity index is 381. The zero-order valence-corrected chi connectivity index (χ0v) is 10.0. The number of rotatable bonds is 4. The number of thioether (sulfide) groups is 1. The van der Waals surface area contributed by atoms with E-state index in [0.29, 0.717) is 6.61 Å². The molecule has 0 aliphatic carbocycles. The van der Waals surface area contributed by atoms with E-state index in [9.17, 15) is 4.79 Å². The van der Waals surface area contributed by atoms with Gasteiger partial charge in [-0.1, -0.05) is 12.1 Å². The van der Waals surface area contributed by atoms with Crippen molar-refractivity contribution in [2.45, 2.75) is 23.1 Å². The van der Waals surface area contributed by atoms with Crippen molar-refractivity contribution in [3.63, 3.8) is 0 Å². The molecule has 0 saturated carbocycles. The van der Waals surface area contributed by atoms with Crippen molar-refractivity contribution < 1.29 is 9.53 Å². The predicted molar refractivity (Wildman–Crippen MR) is 64.4 cm³/mol. The second kappa shape index (κ2) is 5.37. The molecular formula is C12H15NO2S. The fraction of sp³-hybridized carbons (Fsp3) is 0.417. The van der Waals surface area contributed by atoms with E-state index in [1.165, 1.54) is 5.56 Å². The molecule has 0 aromatic heterocycles. The van der Waals surface area contributed by atoms with Crippen LogP contribution in [0.3, 0.4) is 0 Å². The first-order valence-electron chi connectivity index (χ1n) is 5.36. The first kappa shape index (κ1) is 11.5. The summed E-state index contributed by atoms with van der Waals surface area (Å²) < 4.78 is 4.94. The number of hydrogen-bond acceptors (Lipinski definition) is 4. The fourth-order valence-corrected chi connectivity index (χ4v) is 2.76. The normalized spacial score (nSPS) is 19.8. The van der Waals surface area contributed by atoms with Gasteiger partial charge in [0.05, 0.1) is 6.61 Å². The van der Waals surface area contributed by atoms with Crippen LogP contribution >= 0.6 is 11.8 Å². The van der Waals surface area contributed by atoms with Crippen LogP contribution in [0.4, 0.5) is 0 Å². The topological polar surface area (TPSA) is 38.3 Å². The van der Waals surface area contributed by atoms with Gasteiger partial charge in [0, 0.05) is 17.9 Å². The zero-order chi connectivity index (χ0) is 11.4. The van der Waals surface area contributed by atoms with Crippen molar-refractivity contribution in [1.29, 1.82) is 0 Å². The van der Waals surface area contributed by atoms with Crippen molar-refractivity contribution in [3.8, 4) is 0 Å². The third-order valence-electron chi connectivity index (χ3n) is 2.44. The minimum atomic E-state index is -0.0796. The Kier molecular flexibility index (Phi) is 3.85. The van der Waals surface area contributed by atoms with Gasteiger partial charge < -0.3 is 10.1 Å². The second-order valence-electron chi connectivity index (χ2n) is 3.74. The number of esters is 1. The predicted octanol–water partition coefficient (Wildman–Crippen LogP) is 1.81. The lowest BCUT2D eigenvalue weighted by atomic mass is 10.2. The molecule has 0 radical (unpaired) electrons. The van der Waals surface area contributed by atoms with Gasteiger partial charge in [-0.2, -0.15) is 0 Å². The third kappa shape index (κ3) is 2.77. The van der Waals surface area contributed by atoms with Crippen LogP contribution in [0.1, 0.15) is 12.0 Å². The van der Waals surface area contributed by atoms with Crippen molar-refractivity contribution in [2.24, 2.45) is 0 Å². The number of hydrogen-bond donors (Lipinski definition) is 1. The first-order valence-corrected chi connectivity index (χ1v) is 6.24. The van der Waals surface area contributed by atoms with E-state index in [1.807, 2.05) is 19.2 Å². The monoisotopic (exact) mass is 237 g/mol. The summed E-state index contributed by atoms with van der Waals surface area (Å²) in [5.74, 6) is -0.0796. The van der Waals surface area contributed by atoms with Gasteiger partial charge in [0.25, 0.3) is 0 Å². The van der Waals surface area contributed by atoms with E-state index < -0.39 is 0 Å². The molecule has 86 valence electrons. The van der Waals surface area contributed by atoms with E-state index in [0.717, 1.165) is 17.9 Å². The van der Waals surface area contributed by atoms with Gasteiger partial charge >= 0.3 is 5.97 Å². The molecule has 0 amide bonds. The zero-order valence-electron chi connectivity index (χ0n) is 9.23. The number of cyclic esters (lactones) is 1. The molecule has 1 aromatic carbocycles. The van der Waals surface area contributed by atoms with Gasteiger partial charge in [0.15, 0.2) is 0 Å². The van der Waals surface area contributed by atoms with Crippen molar-refractivity contribution >= 4 is 17.7 Å². The Morgan fingerprint density at radius 3 is 3.12 bits per heavy atom. The number of carbonyl (C=O) groups is 1. The molecule has 1 heterocycles. The average Bonchev–Trinajstić information content (AvgIpc) is 2.66. The summed E-state index contributed by atoms with van der Waals surface area (Å²) in [4.78, 5) is 12.5. The Hall–Kier alpha value is -1.00. The number of ether oxygens (including phenoxy) is 1. The number of nitrogens with one attached hydrogen (secondary N) is 1. The molecule has 1 aliphatic heterocycles. The van der Waals surface area contributed by atoms with Crippen molar-refractivity contribution in [2.75, 3.05) is 13.7 Å². The molecular weight excluding hydrogens is 222 g/mol. The average molecular weight is 237 g/mol. The second-order valence-corrected chi connectivity index (χ2v) is 5.02. The lowest BCUT2D eigenvalue weighted by Gasteiger charge is -2.07. The molecule has 2 rings (SSSR count). The molecule has 4 heteroatoms. The maximum Gasteiger partial charge on any atom is 0.319 e. The Labute approximate surface area is 99.6 Å². The summed E-state index contributed by atoms with van der Waals surface area (Å²) in [6.45, 7) is 1.41. The van der Waals surface area contributed by atoms with Gasteiger partial charge in [0.2, 0.25) is 0 Å². The fourth-order valence-electron chi connectivity index (χ4n) is 1.68. The molecule has 0 bridgehead atoms. The van der Waals surface area contributed by atoms with Crippen LogP contribution in [0.5, 0.6) is 0 Å². The third-order valence-corrected chi connectivity index (χ3v) is 3.68. The lowest BCUT2D eigenvalue weighted by Crippen LogP contribution is -2.09. The van der Waals surface area contributed by atoms with E-state index >= 15 is 0 Å². The van der Waals surface area contributed by atoms with Crippen molar-refractivity contribution in [1.82, 2.24) is 5.32 Å². The Morgan fingerprint density at radius 1 is 1.56 bits per heavy atom. The van der Waals surface area contributed by atoms with Crippen LogP contribution in [-0.2, 0) is 16.1 Å². The van der Waals surface area contributed by atoms with E-state index in [4.69, 9.17) is 4.74 Å². The summed E-state index contributed by atoms with van der Waals surface area (Å²) in [5, 5.41) is 3.09. The van der Waals surface area contributed by atoms with Gasteiger partial charge in [0.1, 0.15) is 5.25 Å². The quantitative estimate of drug-likeness (QED) is 0.811. The largest absolute Gasteiger partial charge is 0.465 e. The van der Waals surface area contributed by atoms with E-state index in [1.54, 1.807) is 11.8 Å². The summed E-state index contributed by atoms with van der Waals surface area (Å²) in [6, 6.07) is 8.25. The number of carbonyl (C=O) groups excluding carboxylic acids is 1. The van der Waals surface area contributed by atoms with Crippen LogP contribution in [-0.4, -0.2) is 24.9 Å². The molecule has 1 N–H and O–H groups in total. The highest BCUT2D eigenvalue weighted by atomic mass is 32.2. The van der Waals surface area contributed by atoms with Gasteiger partial charge in [-0.05, 0) is 24.7 Å². The highest BCUT2D eigenvalue weighted by Crippen LogP contribution is 2.29. The summed E-state index contributed by atoms with van der Waals surface area (Å²) in [6.07, 6.45) is 0.819. The standard InChI is InChI=1S/C12H15NO2S/c1-13-8-9-3-2-4-10(7-9)16-11-5-6-15-12(11)14/h2-4,7,11,13H,5-6,8H2,1H3. The molecule has 1 unspecified atom stereocenters. The number of benzene rings is 1. The SMILES string of the molecule is CNCc1cccc(SC2CCOC2=O)c1. The molecule has 1 saturated heterocycles. The maximum atomic E-state index is 11.3. The Morgan fingerprint density at radius 2 is 2.44 bits per heavy atom. The molecule has 1 fully saturated rings. The van der Waals surface area contributed by atoms with E-state index in [-0.39, 0.29) is 11.2 Å². The minimum Gasteiger partial charge on any atom is -0.465 e. The summed E-state index contributed by atoms with van der Waals surface area (Å²) in [5.41, 5.74) is 1.24. The molecule has 1 aromatic rings. The van der Waals surface area contributed by atoms with Crippen LogP contribution in [0, 0.1) is 0 Å². The minimum absolute atomic E-state index is 0.0233. The van der Waals surface area contributed by atoms with Gasteiger partial charge in [-0.3, -0.25) is 4.79 Å². The molecule has 1 aliphatic rings. The highest BCUT2D eigenvalue weighted by molar-refractivity contribution is 8.00. The smallest absolute Gasteiger partial charge is 0.319 e. The van der Waals surface area contributed by atoms with Crippen LogP contribution < -0.4 is 5.32 Å². The molecule has 3 nitrogen and oxygen atoms in total. The van der Waals surface area contributed by atoms with Gasteiger partial charge in [-0.25, -0.2) is 0 Å². The van der Waals surface area contributed by atoms with Crippen LogP contribution in [0.25, 0.3) is 0 Å². The molecule has 0 spiro atoms. The molecule has 16 heavy (non-hydrogen) atoms. The Balaban J connectivity index is 2.03. The maximum absolute atomic E-state index is 11.3. The first-order chi connectivity index (χ1) is 7.79.